The van der Waals surface area contributed by atoms with Crippen molar-refractivity contribution in [2.75, 3.05) is 13.6 Å². The predicted octanol–water partition coefficient (Wildman–Crippen LogP) is 2.42. The van der Waals surface area contributed by atoms with E-state index in [1.165, 1.54) is 45.1 Å². The summed E-state index contributed by atoms with van der Waals surface area (Å²) in [4.78, 5) is 0. The topological polar surface area (TPSA) is 12.0 Å². The van der Waals surface area contributed by atoms with Gasteiger partial charge in [0.2, 0.25) is 0 Å². The molecule has 2 fully saturated rings. The van der Waals surface area contributed by atoms with Crippen molar-refractivity contribution in [1.82, 2.24) is 5.32 Å². The van der Waals surface area contributed by atoms with Gasteiger partial charge in [-0.15, -0.1) is 0 Å². The summed E-state index contributed by atoms with van der Waals surface area (Å²) in [5.74, 6) is 3.24. The molecule has 3 atom stereocenters. The Morgan fingerprint density at radius 3 is 2.83 bits per heavy atom. The molecular weight excluding hydrogens is 146 g/mol. The van der Waals surface area contributed by atoms with Crippen molar-refractivity contribution >= 4 is 0 Å². The molecule has 0 aromatic rings. The summed E-state index contributed by atoms with van der Waals surface area (Å²) in [6, 6.07) is 0. The van der Waals surface area contributed by atoms with Gasteiger partial charge in [-0.25, -0.2) is 0 Å². The molecule has 0 saturated heterocycles. The van der Waals surface area contributed by atoms with Gasteiger partial charge in [-0.3, -0.25) is 0 Å². The van der Waals surface area contributed by atoms with Gasteiger partial charge in [-0.1, -0.05) is 25.7 Å². The lowest BCUT2D eigenvalue weighted by Gasteiger charge is -2.44. The van der Waals surface area contributed by atoms with E-state index in [9.17, 15) is 0 Å². The van der Waals surface area contributed by atoms with Crippen LogP contribution in [0.15, 0.2) is 0 Å². The van der Waals surface area contributed by atoms with Gasteiger partial charge in [-0.2, -0.15) is 0 Å². The van der Waals surface area contributed by atoms with Gasteiger partial charge in [0, 0.05) is 0 Å². The van der Waals surface area contributed by atoms with Crippen LogP contribution in [0.3, 0.4) is 0 Å². The van der Waals surface area contributed by atoms with Crippen molar-refractivity contribution in [3.8, 4) is 0 Å². The summed E-state index contributed by atoms with van der Waals surface area (Å²) in [5, 5.41) is 3.32. The van der Waals surface area contributed by atoms with Crippen LogP contribution < -0.4 is 5.32 Å². The second kappa shape index (κ2) is 3.78. The van der Waals surface area contributed by atoms with Gasteiger partial charge in [0.25, 0.3) is 0 Å². The molecule has 2 aliphatic rings. The van der Waals surface area contributed by atoms with Gasteiger partial charge in [0.1, 0.15) is 0 Å². The second-order valence-corrected chi connectivity index (χ2v) is 4.62. The van der Waals surface area contributed by atoms with E-state index in [-0.39, 0.29) is 0 Å². The third-order valence-electron chi connectivity index (χ3n) is 3.90. The monoisotopic (exact) mass is 167 g/mol. The Labute approximate surface area is 75.9 Å². The van der Waals surface area contributed by atoms with Gasteiger partial charge in [-0.05, 0) is 44.2 Å². The molecule has 12 heavy (non-hydrogen) atoms. The average Bonchev–Trinajstić information content (AvgIpc) is 2.23. The van der Waals surface area contributed by atoms with Crippen molar-refractivity contribution in [1.29, 1.82) is 0 Å². The van der Waals surface area contributed by atoms with Crippen LogP contribution in [-0.4, -0.2) is 13.6 Å². The molecule has 1 heteroatoms. The molecule has 0 aromatic carbocycles. The van der Waals surface area contributed by atoms with Crippen LogP contribution in [0.4, 0.5) is 0 Å². The lowest BCUT2D eigenvalue weighted by atomic mass is 9.62. The standard InChI is InChI=1S/C11H21N/c1-12-8-10-7-9-5-3-2-4-6-11(9)10/h9-12H,2-8H2,1H3/t9-,10+,11-/m1/s1. The third kappa shape index (κ3) is 1.52. The van der Waals surface area contributed by atoms with Crippen LogP contribution in [0.5, 0.6) is 0 Å². The van der Waals surface area contributed by atoms with E-state index in [1.807, 2.05) is 0 Å². The molecule has 1 nitrogen and oxygen atoms in total. The van der Waals surface area contributed by atoms with Crippen molar-refractivity contribution in [2.24, 2.45) is 17.8 Å². The maximum absolute atomic E-state index is 3.32. The minimum absolute atomic E-state index is 1.03. The molecular formula is C11H21N. The van der Waals surface area contributed by atoms with Crippen LogP contribution >= 0.6 is 0 Å². The number of hydrogen-bond donors (Lipinski definition) is 1. The highest BCUT2D eigenvalue weighted by atomic mass is 14.8. The van der Waals surface area contributed by atoms with Crippen LogP contribution in [-0.2, 0) is 0 Å². The fraction of sp³-hybridized carbons (Fsp3) is 1.00. The minimum atomic E-state index is 1.03. The molecule has 1 N–H and O–H groups in total. The summed E-state index contributed by atoms with van der Waals surface area (Å²) >= 11 is 0. The fourth-order valence-corrected chi connectivity index (χ4v) is 3.19. The predicted molar refractivity (Wildman–Crippen MR) is 52.1 cm³/mol. The van der Waals surface area contributed by atoms with Gasteiger partial charge in [0.05, 0.1) is 0 Å². The zero-order valence-electron chi connectivity index (χ0n) is 8.18. The molecule has 2 aliphatic carbocycles. The Balaban J connectivity index is 1.84. The number of hydrogen-bond acceptors (Lipinski definition) is 1. The zero-order chi connectivity index (χ0) is 8.39. The smallest absolute Gasteiger partial charge is 0.00207 e. The number of rotatable bonds is 2. The molecule has 70 valence electrons. The van der Waals surface area contributed by atoms with E-state index >= 15 is 0 Å². The SMILES string of the molecule is CNC[C@@H]1C[C@H]2CCCCC[C@H]21. The van der Waals surface area contributed by atoms with Crippen molar-refractivity contribution in [2.45, 2.75) is 38.5 Å². The van der Waals surface area contributed by atoms with Crippen molar-refractivity contribution in [3.63, 3.8) is 0 Å². The first kappa shape index (κ1) is 8.55. The average molecular weight is 167 g/mol. The Bertz CT molecular complexity index is 144. The highest BCUT2D eigenvalue weighted by Gasteiger charge is 2.39. The molecule has 0 bridgehead atoms. The van der Waals surface area contributed by atoms with Gasteiger partial charge in [0.15, 0.2) is 0 Å². The second-order valence-electron chi connectivity index (χ2n) is 4.62. The van der Waals surface area contributed by atoms with Gasteiger partial charge < -0.3 is 5.32 Å². The normalized spacial score (nSPS) is 41.2. The number of fused-ring (bicyclic) bond motifs is 1. The van der Waals surface area contributed by atoms with E-state index in [0.29, 0.717) is 0 Å². The van der Waals surface area contributed by atoms with Crippen LogP contribution in [0.2, 0.25) is 0 Å². The Morgan fingerprint density at radius 2 is 2.00 bits per heavy atom. The third-order valence-corrected chi connectivity index (χ3v) is 3.90. The molecule has 0 spiro atoms. The summed E-state index contributed by atoms with van der Waals surface area (Å²) in [6.45, 7) is 1.27. The molecule has 0 radical (unpaired) electrons. The molecule has 0 amide bonds. The molecule has 0 aliphatic heterocycles. The maximum atomic E-state index is 3.32. The molecule has 2 rings (SSSR count). The Morgan fingerprint density at radius 1 is 1.17 bits per heavy atom. The quantitative estimate of drug-likeness (QED) is 0.666. The molecule has 2 saturated carbocycles. The van der Waals surface area contributed by atoms with Crippen LogP contribution in [0.25, 0.3) is 0 Å². The van der Waals surface area contributed by atoms with Crippen molar-refractivity contribution in [3.05, 3.63) is 0 Å². The molecule has 0 aromatic heterocycles. The zero-order valence-corrected chi connectivity index (χ0v) is 8.18. The summed E-state index contributed by atoms with van der Waals surface area (Å²) in [6.07, 6.45) is 9.08. The minimum Gasteiger partial charge on any atom is -0.319 e. The maximum Gasteiger partial charge on any atom is -0.00207 e. The van der Waals surface area contributed by atoms with E-state index in [2.05, 4.69) is 12.4 Å². The summed E-state index contributed by atoms with van der Waals surface area (Å²) in [5.41, 5.74) is 0. The Kier molecular flexibility index (Phi) is 2.69. The fourth-order valence-electron chi connectivity index (χ4n) is 3.19. The first-order valence-electron chi connectivity index (χ1n) is 5.56. The first-order valence-corrected chi connectivity index (χ1v) is 5.56. The summed E-state index contributed by atoms with van der Waals surface area (Å²) < 4.78 is 0. The molecule has 0 unspecified atom stereocenters. The molecule has 0 heterocycles. The summed E-state index contributed by atoms with van der Waals surface area (Å²) in [7, 11) is 2.09. The Hall–Kier alpha value is -0.0400. The first-order chi connectivity index (χ1) is 5.92. The van der Waals surface area contributed by atoms with E-state index in [0.717, 1.165) is 17.8 Å². The largest absolute Gasteiger partial charge is 0.319 e. The van der Waals surface area contributed by atoms with Gasteiger partial charge >= 0.3 is 0 Å². The highest BCUT2D eigenvalue weighted by molar-refractivity contribution is 4.91. The van der Waals surface area contributed by atoms with E-state index in [4.69, 9.17) is 0 Å². The van der Waals surface area contributed by atoms with Crippen LogP contribution in [0.1, 0.15) is 38.5 Å². The number of nitrogens with one attached hydrogen (secondary N) is 1. The van der Waals surface area contributed by atoms with Crippen LogP contribution in [0, 0.1) is 17.8 Å². The lowest BCUT2D eigenvalue weighted by molar-refractivity contribution is 0.0653. The van der Waals surface area contributed by atoms with E-state index < -0.39 is 0 Å². The lowest BCUT2D eigenvalue weighted by Crippen LogP contribution is -2.41. The highest BCUT2D eigenvalue weighted by Crippen LogP contribution is 2.47. The van der Waals surface area contributed by atoms with E-state index in [1.54, 1.807) is 0 Å². The van der Waals surface area contributed by atoms with Crippen molar-refractivity contribution < 1.29 is 0 Å².